The van der Waals surface area contributed by atoms with Crippen molar-refractivity contribution in [1.29, 1.82) is 0 Å². The van der Waals surface area contributed by atoms with Gasteiger partial charge in [0.05, 0.1) is 6.61 Å². The van der Waals surface area contributed by atoms with Crippen LogP contribution in [0.2, 0.25) is 0 Å². The number of nitrogens with one attached hydrogen (secondary N) is 1. The van der Waals surface area contributed by atoms with Crippen LogP contribution < -0.4 is 15.8 Å². The van der Waals surface area contributed by atoms with Crippen molar-refractivity contribution in [2.24, 2.45) is 0 Å². The minimum atomic E-state index is -0.756. The van der Waals surface area contributed by atoms with Gasteiger partial charge >= 0.3 is 6.01 Å². The molecule has 0 spiro atoms. The summed E-state index contributed by atoms with van der Waals surface area (Å²) in [5.41, 5.74) is 5.47. The Morgan fingerprint density at radius 2 is 2.00 bits per heavy atom. The number of hydrogen-bond donors (Lipinski definition) is 2. The van der Waals surface area contributed by atoms with E-state index in [1.165, 1.54) is 13.0 Å². The van der Waals surface area contributed by atoms with Crippen molar-refractivity contribution >= 4 is 17.6 Å². The fourth-order valence-electron chi connectivity index (χ4n) is 1.57. The van der Waals surface area contributed by atoms with E-state index in [-0.39, 0.29) is 23.6 Å². The first-order valence-corrected chi connectivity index (χ1v) is 6.37. The lowest BCUT2D eigenvalue weighted by Crippen LogP contribution is -2.09. The lowest BCUT2D eigenvalue weighted by molar-refractivity contribution is 0.292. The van der Waals surface area contributed by atoms with E-state index in [1.807, 2.05) is 6.92 Å². The van der Waals surface area contributed by atoms with Crippen molar-refractivity contribution < 1.29 is 13.5 Å². The molecule has 0 aliphatic heterocycles. The normalized spacial score (nSPS) is 10.5. The highest BCUT2D eigenvalue weighted by Crippen LogP contribution is 2.24. The molecule has 21 heavy (non-hydrogen) atoms. The Hall–Kier alpha value is -2.51. The summed E-state index contributed by atoms with van der Waals surface area (Å²) in [6.07, 6.45) is 0.759. The lowest BCUT2D eigenvalue weighted by atomic mass is 10.2. The maximum absolute atomic E-state index is 13.9. The second kappa shape index (κ2) is 6.29. The summed E-state index contributed by atoms with van der Waals surface area (Å²) >= 11 is 0. The summed E-state index contributed by atoms with van der Waals surface area (Å²) < 4.78 is 32.8. The number of rotatable bonds is 5. The SMILES string of the molecule is CCCOc1nc(N)nc(Nc2c(F)ccc(C)c2F)n1. The van der Waals surface area contributed by atoms with Crippen LogP contribution in [0.15, 0.2) is 12.1 Å². The first-order chi connectivity index (χ1) is 10.0. The van der Waals surface area contributed by atoms with Crippen LogP contribution in [0.5, 0.6) is 6.01 Å². The van der Waals surface area contributed by atoms with Crippen molar-refractivity contribution in [3.05, 3.63) is 29.3 Å². The molecule has 0 atom stereocenters. The molecule has 2 aromatic rings. The van der Waals surface area contributed by atoms with Gasteiger partial charge in [0.1, 0.15) is 11.5 Å². The molecule has 1 aromatic heterocycles. The van der Waals surface area contributed by atoms with Gasteiger partial charge < -0.3 is 15.8 Å². The predicted molar refractivity (Wildman–Crippen MR) is 74.4 cm³/mol. The second-order valence-electron chi connectivity index (χ2n) is 4.33. The number of aryl methyl sites for hydroxylation is 1. The van der Waals surface area contributed by atoms with E-state index in [4.69, 9.17) is 10.5 Å². The zero-order valence-corrected chi connectivity index (χ0v) is 11.7. The average Bonchev–Trinajstić information content (AvgIpc) is 2.45. The number of halogens is 2. The molecule has 0 bridgehead atoms. The summed E-state index contributed by atoms with van der Waals surface area (Å²) in [5, 5.41) is 2.47. The molecule has 1 heterocycles. The Morgan fingerprint density at radius 1 is 1.24 bits per heavy atom. The number of hydrogen-bond acceptors (Lipinski definition) is 6. The summed E-state index contributed by atoms with van der Waals surface area (Å²) in [4.78, 5) is 11.5. The van der Waals surface area contributed by atoms with Crippen LogP contribution in [0, 0.1) is 18.6 Å². The molecule has 1 aromatic carbocycles. The zero-order valence-electron chi connectivity index (χ0n) is 11.7. The van der Waals surface area contributed by atoms with E-state index < -0.39 is 11.6 Å². The van der Waals surface area contributed by atoms with E-state index in [0.29, 0.717) is 12.2 Å². The second-order valence-corrected chi connectivity index (χ2v) is 4.33. The third-order valence-corrected chi connectivity index (χ3v) is 2.59. The van der Waals surface area contributed by atoms with E-state index in [9.17, 15) is 8.78 Å². The largest absolute Gasteiger partial charge is 0.463 e. The number of benzene rings is 1. The molecule has 112 valence electrons. The molecule has 0 fully saturated rings. The molecule has 0 aliphatic carbocycles. The van der Waals surface area contributed by atoms with Crippen LogP contribution >= 0.6 is 0 Å². The van der Waals surface area contributed by atoms with Gasteiger partial charge in [-0.05, 0) is 25.0 Å². The summed E-state index contributed by atoms with van der Waals surface area (Å²) in [5.74, 6) is -1.66. The van der Waals surface area contributed by atoms with E-state index in [0.717, 1.165) is 12.5 Å². The molecular formula is C13H15F2N5O. The maximum Gasteiger partial charge on any atom is 0.323 e. The van der Waals surface area contributed by atoms with Crippen molar-refractivity contribution in [1.82, 2.24) is 15.0 Å². The monoisotopic (exact) mass is 295 g/mol. The van der Waals surface area contributed by atoms with Gasteiger partial charge in [-0.15, -0.1) is 0 Å². The molecule has 0 unspecified atom stereocenters. The van der Waals surface area contributed by atoms with Gasteiger partial charge in [0.25, 0.3) is 0 Å². The molecule has 3 N–H and O–H groups in total. The quantitative estimate of drug-likeness (QED) is 0.881. The van der Waals surface area contributed by atoms with Gasteiger partial charge in [0.15, 0.2) is 5.82 Å². The fourth-order valence-corrected chi connectivity index (χ4v) is 1.57. The van der Waals surface area contributed by atoms with Gasteiger partial charge in [0, 0.05) is 0 Å². The van der Waals surface area contributed by atoms with Crippen molar-refractivity contribution in [2.45, 2.75) is 20.3 Å². The molecule has 0 saturated heterocycles. The number of nitrogen functional groups attached to an aromatic ring is 1. The van der Waals surface area contributed by atoms with Crippen molar-refractivity contribution in [3.8, 4) is 6.01 Å². The molecule has 2 rings (SSSR count). The third-order valence-electron chi connectivity index (χ3n) is 2.59. The van der Waals surface area contributed by atoms with Gasteiger partial charge in [-0.3, -0.25) is 0 Å². The van der Waals surface area contributed by atoms with Gasteiger partial charge in [-0.2, -0.15) is 15.0 Å². The molecular weight excluding hydrogens is 280 g/mol. The standard InChI is InChI=1S/C13H15F2N5O/c1-3-6-21-13-19-11(16)18-12(20-13)17-10-8(14)5-4-7(2)9(10)15/h4-5H,3,6H2,1-2H3,(H3,16,17,18,19,20). The average molecular weight is 295 g/mol. The van der Waals surface area contributed by atoms with Crippen LogP contribution in [0.3, 0.4) is 0 Å². The molecule has 0 aliphatic rings. The maximum atomic E-state index is 13.9. The summed E-state index contributed by atoms with van der Waals surface area (Å²) in [6, 6.07) is 2.49. The third kappa shape index (κ3) is 3.53. The number of aromatic nitrogens is 3. The van der Waals surface area contributed by atoms with Crippen molar-refractivity contribution in [3.63, 3.8) is 0 Å². The molecule has 0 saturated carbocycles. The summed E-state index contributed by atoms with van der Waals surface area (Å²) in [6.45, 7) is 3.84. The Bertz CT molecular complexity index is 651. The number of nitrogens with zero attached hydrogens (tertiary/aromatic N) is 3. The number of anilines is 3. The van der Waals surface area contributed by atoms with Crippen LogP contribution in [-0.2, 0) is 0 Å². The van der Waals surface area contributed by atoms with Crippen LogP contribution in [0.4, 0.5) is 26.4 Å². The Morgan fingerprint density at radius 3 is 2.71 bits per heavy atom. The Balaban J connectivity index is 2.31. The number of nitrogens with two attached hydrogens (primary N) is 1. The van der Waals surface area contributed by atoms with Crippen LogP contribution in [0.1, 0.15) is 18.9 Å². The molecule has 6 nitrogen and oxygen atoms in total. The van der Waals surface area contributed by atoms with Gasteiger partial charge in [-0.1, -0.05) is 13.0 Å². The topological polar surface area (TPSA) is 86.0 Å². The van der Waals surface area contributed by atoms with E-state index in [1.54, 1.807) is 0 Å². The minimum absolute atomic E-state index is 0.000296. The van der Waals surface area contributed by atoms with Gasteiger partial charge in [-0.25, -0.2) is 8.78 Å². The van der Waals surface area contributed by atoms with Gasteiger partial charge in [0.2, 0.25) is 11.9 Å². The molecule has 0 amide bonds. The smallest absolute Gasteiger partial charge is 0.323 e. The Kier molecular flexibility index (Phi) is 4.46. The molecule has 0 radical (unpaired) electrons. The van der Waals surface area contributed by atoms with E-state index in [2.05, 4.69) is 20.3 Å². The lowest BCUT2D eigenvalue weighted by Gasteiger charge is -2.10. The zero-order chi connectivity index (χ0) is 15.4. The Labute approximate surface area is 120 Å². The minimum Gasteiger partial charge on any atom is -0.463 e. The highest BCUT2D eigenvalue weighted by Gasteiger charge is 2.14. The predicted octanol–water partition coefficient (Wildman–Crippen LogP) is 2.57. The first-order valence-electron chi connectivity index (χ1n) is 6.37. The van der Waals surface area contributed by atoms with Crippen LogP contribution in [-0.4, -0.2) is 21.6 Å². The highest BCUT2D eigenvalue weighted by molar-refractivity contribution is 5.57. The van der Waals surface area contributed by atoms with Crippen molar-refractivity contribution in [2.75, 3.05) is 17.7 Å². The molecule has 8 heteroatoms. The summed E-state index contributed by atoms with van der Waals surface area (Å²) in [7, 11) is 0. The first kappa shape index (κ1) is 14.9. The van der Waals surface area contributed by atoms with Crippen LogP contribution in [0.25, 0.3) is 0 Å². The highest BCUT2D eigenvalue weighted by atomic mass is 19.1. The van der Waals surface area contributed by atoms with E-state index >= 15 is 0 Å². The fraction of sp³-hybridized carbons (Fsp3) is 0.308. The number of ether oxygens (including phenoxy) is 1.